The molecular weight excluding hydrogens is 272 g/mol. The van der Waals surface area contributed by atoms with Crippen LogP contribution in [0.5, 0.6) is 0 Å². The number of hydrogen-bond donors (Lipinski definition) is 2. The molecule has 0 saturated heterocycles. The van der Waals surface area contributed by atoms with E-state index in [1.54, 1.807) is 37.4 Å². The van der Waals surface area contributed by atoms with Gasteiger partial charge in [0.2, 0.25) is 0 Å². The Bertz CT molecular complexity index is 478. The molecule has 1 aromatic rings. The van der Waals surface area contributed by atoms with Gasteiger partial charge in [-0.25, -0.2) is 9.59 Å². The maximum absolute atomic E-state index is 12.1. The molecule has 0 aliphatic heterocycles. The molecule has 0 radical (unpaired) electrons. The Kier molecular flexibility index (Phi) is 6.17. The standard InChI is InChI=1S/C15H22N2O4/c1-4-21-11-10-17(3)14(20)16-15(2,13(18)19)12-8-6-5-7-9-12/h5-9H,4,10-11H2,1-3H3,(H,16,20)(H,18,19). The van der Waals surface area contributed by atoms with Crippen molar-refractivity contribution in [2.45, 2.75) is 19.4 Å². The van der Waals surface area contributed by atoms with Crippen LogP contribution in [0.25, 0.3) is 0 Å². The number of benzene rings is 1. The Morgan fingerprint density at radius 1 is 1.33 bits per heavy atom. The van der Waals surface area contributed by atoms with Crippen LogP contribution in [-0.2, 0) is 15.1 Å². The first kappa shape index (κ1) is 17.0. The summed E-state index contributed by atoms with van der Waals surface area (Å²) < 4.78 is 5.18. The first-order valence-corrected chi connectivity index (χ1v) is 6.81. The Labute approximate surface area is 124 Å². The minimum absolute atomic E-state index is 0.393. The number of likely N-dealkylation sites (N-methyl/N-ethyl adjacent to an activating group) is 1. The molecule has 116 valence electrons. The summed E-state index contributed by atoms with van der Waals surface area (Å²) in [5, 5.41) is 12.0. The van der Waals surface area contributed by atoms with Crippen molar-refractivity contribution in [2.75, 3.05) is 26.8 Å². The lowest BCUT2D eigenvalue weighted by Gasteiger charge is -2.29. The number of amides is 2. The van der Waals surface area contributed by atoms with Crippen LogP contribution in [0.1, 0.15) is 19.4 Å². The second kappa shape index (κ2) is 7.64. The van der Waals surface area contributed by atoms with Crippen LogP contribution in [0.4, 0.5) is 4.79 Å². The molecule has 2 amide bonds. The zero-order valence-corrected chi connectivity index (χ0v) is 12.6. The number of aliphatic carboxylic acids is 1. The minimum atomic E-state index is -1.47. The Hall–Kier alpha value is -2.08. The third-order valence-corrected chi connectivity index (χ3v) is 3.26. The van der Waals surface area contributed by atoms with Crippen LogP contribution < -0.4 is 5.32 Å². The van der Waals surface area contributed by atoms with Crippen molar-refractivity contribution in [1.29, 1.82) is 0 Å². The smallest absolute Gasteiger partial charge is 0.333 e. The fourth-order valence-corrected chi connectivity index (χ4v) is 1.78. The van der Waals surface area contributed by atoms with E-state index < -0.39 is 17.5 Å². The third kappa shape index (κ3) is 4.46. The van der Waals surface area contributed by atoms with Crippen LogP contribution in [0.3, 0.4) is 0 Å². The number of nitrogens with zero attached hydrogens (tertiary/aromatic N) is 1. The molecule has 6 heteroatoms. The van der Waals surface area contributed by atoms with Crippen molar-refractivity contribution in [3.05, 3.63) is 35.9 Å². The van der Waals surface area contributed by atoms with Crippen LogP contribution in [0.15, 0.2) is 30.3 Å². The average Bonchev–Trinajstić information content (AvgIpc) is 2.47. The highest BCUT2D eigenvalue weighted by molar-refractivity contribution is 5.87. The van der Waals surface area contributed by atoms with Gasteiger partial charge in [0.15, 0.2) is 5.54 Å². The van der Waals surface area contributed by atoms with Gasteiger partial charge >= 0.3 is 12.0 Å². The second-order valence-corrected chi connectivity index (χ2v) is 4.84. The Morgan fingerprint density at radius 2 is 1.95 bits per heavy atom. The van der Waals surface area contributed by atoms with Gasteiger partial charge in [-0.15, -0.1) is 0 Å². The minimum Gasteiger partial charge on any atom is -0.479 e. The number of urea groups is 1. The Balaban J connectivity index is 2.79. The molecule has 0 bridgehead atoms. The first-order valence-electron chi connectivity index (χ1n) is 6.81. The van der Waals surface area contributed by atoms with Gasteiger partial charge in [-0.2, -0.15) is 0 Å². The number of carbonyl (C=O) groups excluding carboxylic acids is 1. The summed E-state index contributed by atoms with van der Waals surface area (Å²) in [7, 11) is 1.60. The van der Waals surface area contributed by atoms with Crippen molar-refractivity contribution in [3.8, 4) is 0 Å². The van der Waals surface area contributed by atoms with E-state index in [4.69, 9.17) is 4.74 Å². The summed E-state index contributed by atoms with van der Waals surface area (Å²) in [6.07, 6.45) is 0. The summed E-state index contributed by atoms with van der Waals surface area (Å²) in [6.45, 7) is 4.72. The van der Waals surface area contributed by atoms with E-state index in [2.05, 4.69) is 5.32 Å². The SMILES string of the molecule is CCOCCN(C)C(=O)NC(C)(C(=O)O)c1ccccc1. The highest BCUT2D eigenvalue weighted by atomic mass is 16.5. The number of hydrogen-bond acceptors (Lipinski definition) is 3. The molecule has 0 aliphatic rings. The summed E-state index contributed by atoms with van der Waals surface area (Å²) in [6, 6.07) is 8.16. The summed E-state index contributed by atoms with van der Waals surface area (Å²) in [5.74, 6) is -1.11. The fraction of sp³-hybridized carbons (Fsp3) is 0.467. The number of carboxylic acids is 1. The number of ether oxygens (including phenoxy) is 1. The van der Waals surface area contributed by atoms with E-state index >= 15 is 0 Å². The van der Waals surface area contributed by atoms with Gasteiger partial charge in [0.05, 0.1) is 6.61 Å². The average molecular weight is 294 g/mol. The molecule has 1 aromatic carbocycles. The van der Waals surface area contributed by atoms with Gasteiger partial charge < -0.3 is 20.1 Å². The first-order chi connectivity index (χ1) is 9.91. The summed E-state index contributed by atoms with van der Waals surface area (Å²) in [5.41, 5.74) is -0.956. The molecule has 0 heterocycles. The molecule has 0 aliphatic carbocycles. The molecule has 0 saturated carbocycles. The molecule has 1 atom stereocenters. The number of nitrogens with one attached hydrogen (secondary N) is 1. The van der Waals surface area contributed by atoms with Crippen LogP contribution in [0.2, 0.25) is 0 Å². The normalized spacial score (nSPS) is 13.3. The lowest BCUT2D eigenvalue weighted by atomic mass is 9.92. The van der Waals surface area contributed by atoms with E-state index in [0.29, 0.717) is 25.3 Å². The molecule has 0 fully saturated rings. The number of rotatable bonds is 7. The maximum atomic E-state index is 12.1. The highest BCUT2D eigenvalue weighted by Crippen LogP contribution is 2.21. The van der Waals surface area contributed by atoms with Gasteiger partial charge in [-0.3, -0.25) is 0 Å². The van der Waals surface area contributed by atoms with Gasteiger partial charge in [0, 0.05) is 20.2 Å². The summed E-state index contributed by atoms with van der Waals surface area (Å²) in [4.78, 5) is 25.1. The monoisotopic (exact) mass is 294 g/mol. The van der Waals surface area contributed by atoms with Crippen LogP contribution >= 0.6 is 0 Å². The van der Waals surface area contributed by atoms with Crippen molar-refractivity contribution < 1.29 is 19.4 Å². The molecule has 6 nitrogen and oxygen atoms in total. The predicted octanol–water partition coefficient (Wildman–Crippen LogP) is 1.66. The zero-order valence-electron chi connectivity index (χ0n) is 12.6. The predicted molar refractivity (Wildman–Crippen MR) is 79.1 cm³/mol. The lowest BCUT2D eigenvalue weighted by Crippen LogP contribution is -2.53. The molecular formula is C15H22N2O4. The third-order valence-electron chi connectivity index (χ3n) is 3.26. The zero-order chi connectivity index (χ0) is 15.9. The molecule has 1 unspecified atom stereocenters. The van der Waals surface area contributed by atoms with Crippen molar-refractivity contribution in [3.63, 3.8) is 0 Å². The molecule has 21 heavy (non-hydrogen) atoms. The molecule has 1 rings (SSSR count). The van der Waals surface area contributed by atoms with Gasteiger partial charge in [0.25, 0.3) is 0 Å². The quantitative estimate of drug-likeness (QED) is 0.750. The molecule has 0 aromatic heterocycles. The van der Waals surface area contributed by atoms with Gasteiger partial charge in [0.1, 0.15) is 0 Å². The van der Waals surface area contributed by atoms with Crippen LogP contribution in [0, 0.1) is 0 Å². The van der Waals surface area contributed by atoms with E-state index in [0.717, 1.165) is 0 Å². The molecule has 2 N–H and O–H groups in total. The number of carbonyl (C=O) groups is 2. The maximum Gasteiger partial charge on any atom is 0.333 e. The Morgan fingerprint density at radius 3 is 2.48 bits per heavy atom. The summed E-state index contributed by atoms with van der Waals surface area (Å²) >= 11 is 0. The molecule has 0 spiro atoms. The van der Waals surface area contributed by atoms with Crippen molar-refractivity contribution >= 4 is 12.0 Å². The second-order valence-electron chi connectivity index (χ2n) is 4.84. The topological polar surface area (TPSA) is 78.9 Å². The van der Waals surface area contributed by atoms with Gasteiger partial charge in [-0.1, -0.05) is 30.3 Å². The van der Waals surface area contributed by atoms with E-state index in [1.807, 2.05) is 6.92 Å². The lowest BCUT2D eigenvalue weighted by molar-refractivity contribution is -0.144. The van der Waals surface area contributed by atoms with E-state index in [9.17, 15) is 14.7 Å². The fourth-order valence-electron chi connectivity index (χ4n) is 1.78. The van der Waals surface area contributed by atoms with E-state index in [1.165, 1.54) is 11.8 Å². The van der Waals surface area contributed by atoms with Crippen molar-refractivity contribution in [1.82, 2.24) is 10.2 Å². The number of carboxylic acid groups (broad SMARTS) is 1. The van der Waals surface area contributed by atoms with E-state index in [-0.39, 0.29) is 0 Å². The largest absolute Gasteiger partial charge is 0.479 e. The van der Waals surface area contributed by atoms with Crippen LogP contribution in [-0.4, -0.2) is 48.8 Å². The van der Waals surface area contributed by atoms with Crippen molar-refractivity contribution in [2.24, 2.45) is 0 Å². The highest BCUT2D eigenvalue weighted by Gasteiger charge is 2.37. The van der Waals surface area contributed by atoms with Gasteiger partial charge in [-0.05, 0) is 19.4 Å².